The van der Waals surface area contributed by atoms with E-state index in [2.05, 4.69) is 15.6 Å². The number of H-pyrrole nitrogens is 1. The smallest absolute Gasteiger partial charge is 0.271 e. The molecule has 3 amide bonds. The molecule has 1 aromatic carbocycles. The molecule has 0 radical (unpaired) electrons. The van der Waals surface area contributed by atoms with Gasteiger partial charge in [-0.25, -0.2) is 8.78 Å². The van der Waals surface area contributed by atoms with Gasteiger partial charge in [0.1, 0.15) is 23.5 Å². The number of amides is 3. The molecule has 196 valence electrons. The molecule has 4 fully saturated rings. The van der Waals surface area contributed by atoms with E-state index in [0.29, 0.717) is 36.0 Å². The van der Waals surface area contributed by atoms with Gasteiger partial charge in [-0.3, -0.25) is 14.4 Å². The van der Waals surface area contributed by atoms with Crippen LogP contribution in [0.15, 0.2) is 24.3 Å². The molecule has 3 saturated heterocycles. The molecule has 4 aliphatic rings. The third kappa shape index (κ3) is 4.49. The van der Waals surface area contributed by atoms with Crippen LogP contribution in [0.2, 0.25) is 0 Å². The predicted molar refractivity (Wildman–Crippen MR) is 129 cm³/mol. The molecule has 0 spiro atoms. The number of nitriles is 1. The summed E-state index contributed by atoms with van der Waals surface area (Å²) in [7, 11) is 1.51. The van der Waals surface area contributed by atoms with Crippen LogP contribution in [0.4, 0.5) is 8.78 Å². The standard InChI is InChI=1S/C26H29F2N5O4/c1-37-21-6-2-5-19-17(21)11-20(32-19)25(36)33-16-7-8-18(26(27,28)12-16)22(33)24(35)31-15(13-29)10-14-4-3-9-30-23(14)34/h2,5-6,11,14-16,18,22,32H,3-4,7-10,12H2,1H3,(H,30,34)(H,31,35). The van der Waals surface area contributed by atoms with Crippen molar-refractivity contribution in [1.82, 2.24) is 20.5 Å². The highest BCUT2D eigenvalue weighted by Gasteiger charge is 2.60. The Morgan fingerprint density at radius 3 is 2.84 bits per heavy atom. The number of aromatic nitrogens is 1. The number of rotatable bonds is 6. The Hall–Kier alpha value is -3.68. The average molecular weight is 514 g/mol. The molecule has 2 bridgehead atoms. The van der Waals surface area contributed by atoms with Crippen LogP contribution in [-0.4, -0.2) is 65.3 Å². The molecule has 3 N–H and O–H groups in total. The number of hydrogen-bond acceptors (Lipinski definition) is 5. The summed E-state index contributed by atoms with van der Waals surface area (Å²) in [6.45, 7) is 0.565. The second-order valence-electron chi connectivity index (χ2n) is 10.1. The maximum atomic E-state index is 15.0. The van der Waals surface area contributed by atoms with Gasteiger partial charge in [-0.15, -0.1) is 0 Å². The first-order valence-corrected chi connectivity index (χ1v) is 12.6. The number of carbonyl (C=O) groups is 3. The molecule has 1 aliphatic carbocycles. The normalized spacial score (nSPS) is 27.3. The van der Waals surface area contributed by atoms with Crippen LogP contribution < -0.4 is 15.4 Å². The molecule has 5 atom stereocenters. The van der Waals surface area contributed by atoms with Gasteiger partial charge in [0.05, 0.1) is 19.1 Å². The van der Waals surface area contributed by atoms with Gasteiger partial charge >= 0.3 is 0 Å². The topological polar surface area (TPSA) is 127 Å². The van der Waals surface area contributed by atoms with Crippen molar-refractivity contribution < 1.29 is 27.9 Å². The zero-order valence-corrected chi connectivity index (χ0v) is 20.4. The summed E-state index contributed by atoms with van der Waals surface area (Å²) in [5.74, 6) is -5.90. The van der Waals surface area contributed by atoms with Crippen molar-refractivity contribution in [3.8, 4) is 11.8 Å². The minimum atomic E-state index is -3.11. The summed E-state index contributed by atoms with van der Waals surface area (Å²) >= 11 is 0. The number of halogens is 2. The van der Waals surface area contributed by atoms with Crippen molar-refractivity contribution in [2.45, 2.75) is 62.6 Å². The first kappa shape index (κ1) is 25.0. The highest BCUT2D eigenvalue weighted by atomic mass is 19.3. The monoisotopic (exact) mass is 513 g/mol. The van der Waals surface area contributed by atoms with Crippen molar-refractivity contribution in [2.24, 2.45) is 11.8 Å². The zero-order chi connectivity index (χ0) is 26.3. The molecule has 11 heteroatoms. The number of nitrogens with zero attached hydrogens (tertiary/aromatic N) is 2. The molecule has 3 aliphatic heterocycles. The number of carbonyl (C=O) groups excluding carboxylic acids is 3. The molecular weight excluding hydrogens is 484 g/mol. The summed E-state index contributed by atoms with van der Waals surface area (Å²) in [5.41, 5.74) is 0.815. The van der Waals surface area contributed by atoms with Gasteiger partial charge in [-0.05, 0) is 50.3 Å². The van der Waals surface area contributed by atoms with Gasteiger partial charge in [-0.2, -0.15) is 5.26 Å². The lowest BCUT2D eigenvalue weighted by atomic mass is 9.71. The van der Waals surface area contributed by atoms with E-state index in [-0.39, 0.29) is 24.4 Å². The first-order chi connectivity index (χ1) is 17.7. The van der Waals surface area contributed by atoms with E-state index in [9.17, 15) is 28.4 Å². The maximum absolute atomic E-state index is 15.0. The van der Waals surface area contributed by atoms with E-state index in [4.69, 9.17) is 4.74 Å². The maximum Gasteiger partial charge on any atom is 0.271 e. The fourth-order valence-corrected chi connectivity index (χ4v) is 6.10. The Balaban J connectivity index is 1.42. The molecular formula is C26H29F2N5O4. The largest absolute Gasteiger partial charge is 0.496 e. The number of methoxy groups -OCH3 is 1. The number of nitrogens with one attached hydrogen (secondary N) is 3. The number of alkyl halides is 2. The molecule has 9 nitrogen and oxygen atoms in total. The molecule has 2 aromatic rings. The van der Waals surface area contributed by atoms with Gasteiger partial charge < -0.3 is 25.3 Å². The van der Waals surface area contributed by atoms with Crippen molar-refractivity contribution in [3.05, 3.63) is 30.0 Å². The zero-order valence-electron chi connectivity index (χ0n) is 20.4. The Kier molecular flexibility index (Phi) is 6.52. The summed E-state index contributed by atoms with van der Waals surface area (Å²) in [4.78, 5) is 43.6. The number of fused-ring (bicyclic) bond motifs is 4. The van der Waals surface area contributed by atoms with E-state index in [1.807, 2.05) is 6.07 Å². The molecule has 5 unspecified atom stereocenters. The highest BCUT2D eigenvalue weighted by molar-refractivity contribution is 6.02. The lowest BCUT2D eigenvalue weighted by Gasteiger charge is -2.53. The van der Waals surface area contributed by atoms with Gasteiger partial charge in [0.15, 0.2) is 0 Å². The Labute approximate surface area is 212 Å². The van der Waals surface area contributed by atoms with Crippen LogP contribution >= 0.6 is 0 Å². The third-order valence-corrected chi connectivity index (χ3v) is 7.90. The van der Waals surface area contributed by atoms with E-state index in [0.717, 1.165) is 6.42 Å². The minimum absolute atomic E-state index is 0.0844. The number of piperidine rings is 3. The fourth-order valence-electron chi connectivity index (χ4n) is 6.10. The molecule has 6 rings (SSSR count). The Morgan fingerprint density at radius 2 is 2.14 bits per heavy atom. The van der Waals surface area contributed by atoms with Gasteiger partial charge in [0.25, 0.3) is 11.8 Å². The molecule has 4 heterocycles. The van der Waals surface area contributed by atoms with Gasteiger partial charge in [0, 0.05) is 35.8 Å². The number of benzene rings is 1. The fraction of sp³-hybridized carbons (Fsp3) is 0.538. The van der Waals surface area contributed by atoms with Crippen LogP contribution in [-0.2, 0) is 9.59 Å². The van der Waals surface area contributed by atoms with E-state index >= 15 is 0 Å². The molecule has 37 heavy (non-hydrogen) atoms. The second-order valence-corrected chi connectivity index (χ2v) is 10.1. The van der Waals surface area contributed by atoms with E-state index in [1.165, 1.54) is 12.0 Å². The Bertz CT molecular complexity index is 1270. The molecule has 1 aromatic heterocycles. The third-order valence-electron chi connectivity index (χ3n) is 7.90. The quantitative estimate of drug-likeness (QED) is 0.547. The van der Waals surface area contributed by atoms with Gasteiger partial charge in [0.2, 0.25) is 11.8 Å². The lowest BCUT2D eigenvalue weighted by molar-refractivity contribution is -0.179. The van der Waals surface area contributed by atoms with Crippen LogP contribution in [0.1, 0.15) is 49.0 Å². The number of hydrogen-bond donors (Lipinski definition) is 3. The van der Waals surface area contributed by atoms with Crippen molar-refractivity contribution in [2.75, 3.05) is 13.7 Å². The van der Waals surface area contributed by atoms with E-state index < -0.39 is 54.1 Å². The highest BCUT2D eigenvalue weighted by Crippen LogP contribution is 2.49. The summed E-state index contributed by atoms with van der Waals surface area (Å²) in [6.07, 6.45) is 1.38. The molecule has 1 saturated carbocycles. The second kappa shape index (κ2) is 9.65. The minimum Gasteiger partial charge on any atom is -0.496 e. The Morgan fingerprint density at radius 1 is 1.32 bits per heavy atom. The van der Waals surface area contributed by atoms with E-state index in [1.54, 1.807) is 24.3 Å². The lowest BCUT2D eigenvalue weighted by Crippen LogP contribution is -2.68. The predicted octanol–water partition coefficient (Wildman–Crippen LogP) is 2.73. The summed E-state index contributed by atoms with van der Waals surface area (Å²) in [5, 5.41) is 15.6. The van der Waals surface area contributed by atoms with Crippen molar-refractivity contribution in [3.63, 3.8) is 0 Å². The van der Waals surface area contributed by atoms with Crippen LogP contribution in [0.5, 0.6) is 5.75 Å². The SMILES string of the molecule is COc1cccc2[nH]c(C(=O)N3C4CCC(C3C(=O)NC(C#N)CC3CCCNC3=O)C(F)(F)C4)cc12. The first-order valence-electron chi connectivity index (χ1n) is 12.6. The number of ether oxygens (including phenoxy) is 1. The van der Waals surface area contributed by atoms with Crippen LogP contribution in [0.25, 0.3) is 10.9 Å². The van der Waals surface area contributed by atoms with Gasteiger partial charge in [-0.1, -0.05) is 6.07 Å². The van der Waals surface area contributed by atoms with Crippen molar-refractivity contribution in [1.29, 1.82) is 5.26 Å². The number of aromatic amines is 1. The van der Waals surface area contributed by atoms with Crippen LogP contribution in [0, 0.1) is 23.2 Å². The van der Waals surface area contributed by atoms with Crippen molar-refractivity contribution >= 4 is 28.6 Å². The summed E-state index contributed by atoms with van der Waals surface area (Å²) in [6, 6.07) is 5.59. The summed E-state index contributed by atoms with van der Waals surface area (Å²) < 4.78 is 35.4. The van der Waals surface area contributed by atoms with Crippen LogP contribution in [0.3, 0.4) is 0 Å². The average Bonchev–Trinajstić information content (AvgIpc) is 3.33.